The summed E-state index contributed by atoms with van der Waals surface area (Å²) in [6.07, 6.45) is 2.52. The molecule has 0 unspecified atom stereocenters. The third kappa shape index (κ3) is 4.28. The summed E-state index contributed by atoms with van der Waals surface area (Å²) in [5.74, 6) is -0.872. The monoisotopic (exact) mass is 298 g/mol. The SMILES string of the molecule is NC(=O)c1cccc(CS(=O)(=O)C[C@@H]2CCCCO2)n1. The van der Waals surface area contributed by atoms with Crippen molar-refractivity contribution in [2.45, 2.75) is 31.1 Å². The maximum atomic E-state index is 12.1. The molecule has 0 spiro atoms. The van der Waals surface area contributed by atoms with Crippen LogP contribution < -0.4 is 5.73 Å². The number of rotatable bonds is 5. The van der Waals surface area contributed by atoms with Crippen LogP contribution in [0.2, 0.25) is 0 Å². The minimum atomic E-state index is -3.32. The van der Waals surface area contributed by atoms with Gasteiger partial charge in [0.25, 0.3) is 5.91 Å². The zero-order valence-corrected chi connectivity index (χ0v) is 11.9. The van der Waals surface area contributed by atoms with Gasteiger partial charge in [-0.2, -0.15) is 0 Å². The molecule has 2 rings (SSSR count). The lowest BCUT2D eigenvalue weighted by molar-refractivity contribution is 0.0305. The third-order valence-electron chi connectivity index (χ3n) is 3.14. The molecular formula is C13H18N2O4S. The van der Waals surface area contributed by atoms with E-state index in [1.54, 1.807) is 12.1 Å². The minimum Gasteiger partial charge on any atom is -0.377 e. The van der Waals surface area contributed by atoms with Crippen molar-refractivity contribution in [2.24, 2.45) is 5.73 Å². The number of sulfone groups is 1. The lowest BCUT2D eigenvalue weighted by Crippen LogP contribution is -2.28. The number of primary amides is 1. The molecule has 1 aromatic heterocycles. The van der Waals surface area contributed by atoms with Gasteiger partial charge in [-0.05, 0) is 31.4 Å². The molecule has 0 aromatic carbocycles. The van der Waals surface area contributed by atoms with E-state index in [1.165, 1.54) is 6.07 Å². The predicted octanol–water partition coefficient (Wildman–Crippen LogP) is 0.664. The Hall–Kier alpha value is -1.47. The van der Waals surface area contributed by atoms with Crippen molar-refractivity contribution in [3.8, 4) is 0 Å². The summed E-state index contributed by atoms with van der Waals surface area (Å²) >= 11 is 0. The molecule has 1 saturated heterocycles. The molecular weight excluding hydrogens is 280 g/mol. The Kier molecular flexibility index (Phi) is 4.72. The van der Waals surface area contributed by atoms with Gasteiger partial charge in [0, 0.05) is 6.61 Å². The van der Waals surface area contributed by atoms with Crippen LogP contribution in [-0.4, -0.2) is 37.8 Å². The second-order valence-corrected chi connectivity index (χ2v) is 7.03. The van der Waals surface area contributed by atoms with E-state index in [1.807, 2.05) is 0 Å². The van der Waals surface area contributed by atoms with Crippen LogP contribution in [0.25, 0.3) is 0 Å². The normalized spacial score (nSPS) is 19.7. The van der Waals surface area contributed by atoms with E-state index in [2.05, 4.69) is 4.98 Å². The van der Waals surface area contributed by atoms with Crippen molar-refractivity contribution >= 4 is 15.7 Å². The molecule has 1 atom stereocenters. The molecule has 1 aromatic rings. The Morgan fingerprint density at radius 2 is 2.20 bits per heavy atom. The average molecular weight is 298 g/mol. The van der Waals surface area contributed by atoms with E-state index >= 15 is 0 Å². The Bertz CT molecular complexity index is 580. The number of amides is 1. The molecule has 0 aliphatic carbocycles. The number of carbonyl (C=O) groups is 1. The van der Waals surface area contributed by atoms with Crippen molar-refractivity contribution < 1.29 is 17.9 Å². The minimum absolute atomic E-state index is 0.00449. The molecule has 2 N–H and O–H groups in total. The van der Waals surface area contributed by atoms with E-state index in [9.17, 15) is 13.2 Å². The third-order valence-corrected chi connectivity index (χ3v) is 4.76. The maximum Gasteiger partial charge on any atom is 0.267 e. The van der Waals surface area contributed by atoms with E-state index in [0.717, 1.165) is 19.3 Å². The van der Waals surface area contributed by atoms with E-state index in [0.29, 0.717) is 12.3 Å². The lowest BCUT2D eigenvalue weighted by Gasteiger charge is -2.22. The molecule has 20 heavy (non-hydrogen) atoms. The van der Waals surface area contributed by atoms with Gasteiger partial charge in [-0.1, -0.05) is 6.07 Å². The highest BCUT2D eigenvalue weighted by Gasteiger charge is 2.23. The molecule has 1 aliphatic heterocycles. The highest BCUT2D eigenvalue weighted by Crippen LogP contribution is 2.16. The zero-order chi connectivity index (χ0) is 14.6. The van der Waals surface area contributed by atoms with Crippen molar-refractivity contribution in [3.63, 3.8) is 0 Å². The van der Waals surface area contributed by atoms with Crippen molar-refractivity contribution in [3.05, 3.63) is 29.6 Å². The number of nitrogens with zero attached hydrogens (tertiary/aromatic N) is 1. The zero-order valence-electron chi connectivity index (χ0n) is 11.1. The van der Waals surface area contributed by atoms with Gasteiger partial charge in [-0.15, -0.1) is 0 Å². The molecule has 1 fully saturated rings. The molecule has 110 valence electrons. The van der Waals surface area contributed by atoms with Gasteiger partial charge < -0.3 is 10.5 Å². The van der Waals surface area contributed by atoms with Crippen LogP contribution in [0.15, 0.2) is 18.2 Å². The lowest BCUT2D eigenvalue weighted by atomic mass is 10.1. The number of hydrogen-bond acceptors (Lipinski definition) is 5. The van der Waals surface area contributed by atoms with E-state index in [-0.39, 0.29) is 23.3 Å². The molecule has 0 bridgehead atoms. The second-order valence-electron chi connectivity index (χ2n) is 4.92. The summed E-state index contributed by atoms with van der Waals surface area (Å²) in [5, 5.41) is 0. The number of carbonyl (C=O) groups excluding carboxylic acids is 1. The standard InChI is InChI=1S/C13H18N2O4S/c14-13(16)12-6-3-4-10(15-12)8-20(17,18)9-11-5-1-2-7-19-11/h3-4,6,11H,1-2,5,7-9H2,(H2,14,16)/t11-/m0/s1. The predicted molar refractivity (Wildman–Crippen MR) is 73.8 cm³/mol. The largest absolute Gasteiger partial charge is 0.377 e. The topological polar surface area (TPSA) is 99.4 Å². The maximum absolute atomic E-state index is 12.1. The van der Waals surface area contributed by atoms with E-state index in [4.69, 9.17) is 10.5 Å². The first-order valence-corrected chi connectivity index (χ1v) is 8.36. The van der Waals surface area contributed by atoms with Gasteiger partial charge >= 0.3 is 0 Å². The quantitative estimate of drug-likeness (QED) is 0.861. The first-order chi connectivity index (χ1) is 9.46. The van der Waals surface area contributed by atoms with Crippen LogP contribution in [-0.2, 0) is 20.3 Å². The molecule has 7 heteroatoms. The van der Waals surface area contributed by atoms with Crippen LogP contribution in [0.5, 0.6) is 0 Å². The molecule has 1 amide bonds. The summed E-state index contributed by atoms with van der Waals surface area (Å²) in [6.45, 7) is 0.621. The summed E-state index contributed by atoms with van der Waals surface area (Å²) in [7, 11) is -3.32. The number of hydrogen-bond donors (Lipinski definition) is 1. The molecule has 2 heterocycles. The second kappa shape index (κ2) is 6.32. The van der Waals surface area contributed by atoms with Crippen LogP contribution >= 0.6 is 0 Å². The van der Waals surface area contributed by atoms with Gasteiger partial charge in [-0.3, -0.25) is 4.79 Å². The van der Waals surface area contributed by atoms with Crippen LogP contribution in [0, 0.1) is 0 Å². The van der Waals surface area contributed by atoms with E-state index < -0.39 is 15.7 Å². The Balaban J connectivity index is 2.03. The highest BCUT2D eigenvalue weighted by molar-refractivity contribution is 7.90. The Morgan fingerprint density at radius 3 is 2.85 bits per heavy atom. The van der Waals surface area contributed by atoms with Gasteiger partial charge in [0.2, 0.25) is 0 Å². The number of nitrogens with two attached hydrogens (primary N) is 1. The van der Waals surface area contributed by atoms with Crippen molar-refractivity contribution in [1.29, 1.82) is 0 Å². The molecule has 0 radical (unpaired) electrons. The van der Waals surface area contributed by atoms with Crippen LogP contribution in [0.4, 0.5) is 0 Å². The van der Waals surface area contributed by atoms with Crippen LogP contribution in [0.3, 0.4) is 0 Å². The fourth-order valence-corrected chi connectivity index (χ4v) is 3.76. The van der Waals surface area contributed by atoms with Gasteiger partial charge in [-0.25, -0.2) is 13.4 Å². The van der Waals surface area contributed by atoms with Crippen molar-refractivity contribution in [2.75, 3.05) is 12.4 Å². The summed E-state index contributed by atoms with van der Waals surface area (Å²) in [4.78, 5) is 15.0. The van der Waals surface area contributed by atoms with Gasteiger partial charge in [0.1, 0.15) is 5.69 Å². The highest BCUT2D eigenvalue weighted by atomic mass is 32.2. The fraction of sp³-hybridized carbons (Fsp3) is 0.538. The number of pyridine rings is 1. The summed E-state index contributed by atoms with van der Waals surface area (Å²) in [6, 6.07) is 4.61. The fourth-order valence-electron chi connectivity index (χ4n) is 2.20. The molecule has 0 saturated carbocycles. The Morgan fingerprint density at radius 1 is 1.40 bits per heavy atom. The van der Waals surface area contributed by atoms with Gasteiger partial charge in [0.15, 0.2) is 9.84 Å². The number of aromatic nitrogens is 1. The van der Waals surface area contributed by atoms with Crippen molar-refractivity contribution in [1.82, 2.24) is 4.98 Å². The Labute approximate surface area is 118 Å². The summed E-state index contributed by atoms with van der Waals surface area (Å²) in [5.41, 5.74) is 5.53. The smallest absolute Gasteiger partial charge is 0.267 e. The van der Waals surface area contributed by atoms with Crippen LogP contribution in [0.1, 0.15) is 35.4 Å². The number of ether oxygens (including phenoxy) is 1. The molecule has 1 aliphatic rings. The molecule has 6 nitrogen and oxygen atoms in total. The first-order valence-electron chi connectivity index (χ1n) is 6.54. The van der Waals surface area contributed by atoms with Gasteiger partial charge in [0.05, 0.1) is 23.3 Å². The average Bonchev–Trinajstić information content (AvgIpc) is 2.39. The first kappa shape index (κ1) is 14.9. The summed E-state index contributed by atoms with van der Waals surface area (Å²) < 4.78 is 29.7.